The maximum atomic E-state index is 14.6. The van der Waals surface area contributed by atoms with Gasteiger partial charge in [-0.1, -0.05) is 23.2 Å². The van der Waals surface area contributed by atoms with E-state index in [1.807, 2.05) is 17.7 Å². The summed E-state index contributed by atoms with van der Waals surface area (Å²) in [5, 5.41) is 10.6. The van der Waals surface area contributed by atoms with E-state index in [1.54, 1.807) is 40.9 Å². The van der Waals surface area contributed by atoms with Gasteiger partial charge in [-0.15, -0.1) is 0 Å². The van der Waals surface area contributed by atoms with E-state index in [-0.39, 0.29) is 23.2 Å². The van der Waals surface area contributed by atoms with Gasteiger partial charge in [0.25, 0.3) is 12.0 Å². The van der Waals surface area contributed by atoms with E-state index in [0.29, 0.717) is 60.6 Å². The number of benzene rings is 1. The quantitative estimate of drug-likeness (QED) is 0.216. The number of hydrogen-bond acceptors (Lipinski definition) is 6. The van der Waals surface area contributed by atoms with Crippen molar-refractivity contribution >= 4 is 39.1 Å². The Morgan fingerprint density at radius 1 is 1.16 bits per heavy atom. The molecule has 5 aromatic rings. The van der Waals surface area contributed by atoms with Crippen molar-refractivity contribution in [3.8, 4) is 11.3 Å². The average molecular weight is 610 g/mol. The van der Waals surface area contributed by atoms with E-state index in [4.69, 9.17) is 11.6 Å². The second-order valence-electron chi connectivity index (χ2n) is 11.1. The highest BCUT2D eigenvalue weighted by atomic mass is 35.5. The van der Waals surface area contributed by atoms with Gasteiger partial charge in [0.1, 0.15) is 10.8 Å². The maximum Gasteiger partial charge on any atom is 0.259 e. The number of nitrogens with zero attached hydrogens (tertiary/aromatic N) is 6. The van der Waals surface area contributed by atoms with E-state index in [2.05, 4.69) is 26.4 Å². The Hall–Kier alpha value is -3.96. The molecule has 1 fully saturated rings. The molecule has 12 heteroatoms. The maximum absolute atomic E-state index is 14.6. The number of anilines is 1. The molecule has 0 bridgehead atoms. The van der Waals surface area contributed by atoms with Crippen molar-refractivity contribution in [1.82, 2.24) is 29.2 Å². The van der Waals surface area contributed by atoms with Crippen molar-refractivity contribution < 1.29 is 13.2 Å². The minimum absolute atomic E-state index is 0.120. The van der Waals surface area contributed by atoms with Crippen LogP contribution >= 0.6 is 11.6 Å². The van der Waals surface area contributed by atoms with Crippen LogP contribution in [-0.2, 0) is 20.0 Å². The largest absolute Gasteiger partial charge is 0.383 e. The highest BCUT2D eigenvalue weighted by molar-refractivity contribution is 6.29. The number of aryl methyl sites for hydroxylation is 2. The smallest absolute Gasteiger partial charge is 0.259 e. The van der Waals surface area contributed by atoms with Gasteiger partial charge >= 0.3 is 0 Å². The van der Waals surface area contributed by atoms with Crippen molar-refractivity contribution in [3.05, 3.63) is 81.4 Å². The number of nitrogens with one attached hydrogen (secondary N) is 1. The molecule has 4 aromatic heterocycles. The lowest BCUT2D eigenvalue weighted by molar-refractivity contribution is 0.0975. The zero-order chi connectivity index (χ0) is 30.2. The van der Waals surface area contributed by atoms with Crippen molar-refractivity contribution in [2.75, 3.05) is 31.5 Å². The second-order valence-corrected chi connectivity index (χ2v) is 11.5. The van der Waals surface area contributed by atoms with Gasteiger partial charge in [0.15, 0.2) is 5.82 Å². The molecule has 8 nitrogen and oxygen atoms in total. The lowest BCUT2D eigenvalue weighted by Gasteiger charge is -2.17. The number of rotatable bonds is 9. The van der Waals surface area contributed by atoms with Gasteiger partial charge in [0.2, 0.25) is 0 Å². The van der Waals surface area contributed by atoms with E-state index >= 15 is 0 Å². The molecule has 6 rings (SSSR count). The predicted octanol–water partition coefficient (Wildman–Crippen LogP) is 5.69. The molecule has 1 aliphatic rings. The molecule has 0 amide bonds. The average Bonchev–Trinajstić information content (AvgIpc) is 3.59. The molecule has 0 radical (unpaired) electrons. The van der Waals surface area contributed by atoms with Crippen molar-refractivity contribution in [2.24, 2.45) is 13.0 Å². The fraction of sp³-hybridized carbons (Fsp3) is 0.355. The zero-order valence-electron chi connectivity index (χ0n) is 23.8. The molecule has 1 aromatic carbocycles. The molecule has 224 valence electrons. The first-order valence-electron chi connectivity index (χ1n) is 14.2. The lowest BCUT2D eigenvalue weighted by Crippen LogP contribution is -2.27. The van der Waals surface area contributed by atoms with Crippen LogP contribution in [0.4, 0.5) is 18.9 Å². The van der Waals surface area contributed by atoms with Crippen LogP contribution in [0, 0.1) is 18.7 Å². The molecule has 0 saturated carbocycles. The highest BCUT2D eigenvalue weighted by Crippen LogP contribution is 2.31. The summed E-state index contributed by atoms with van der Waals surface area (Å²) in [6.07, 6.45) is 3.45. The van der Waals surface area contributed by atoms with E-state index < -0.39 is 12.2 Å². The van der Waals surface area contributed by atoms with Gasteiger partial charge in [0.05, 0.1) is 30.3 Å². The Kier molecular flexibility index (Phi) is 8.11. The van der Waals surface area contributed by atoms with Gasteiger partial charge in [-0.2, -0.15) is 5.10 Å². The first-order chi connectivity index (χ1) is 20.7. The van der Waals surface area contributed by atoms with Gasteiger partial charge in [-0.3, -0.25) is 19.2 Å². The highest BCUT2D eigenvalue weighted by Gasteiger charge is 2.26. The van der Waals surface area contributed by atoms with Crippen LogP contribution < -0.4 is 10.9 Å². The lowest BCUT2D eigenvalue weighted by atomic mass is 9.98. The van der Waals surface area contributed by atoms with E-state index in [0.717, 1.165) is 34.5 Å². The molecule has 1 aliphatic heterocycles. The third-order valence-corrected chi connectivity index (χ3v) is 8.30. The fourth-order valence-electron chi connectivity index (χ4n) is 6.21. The molecule has 5 heterocycles. The van der Waals surface area contributed by atoms with Gasteiger partial charge in [-0.05, 0) is 62.1 Å². The fourth-order valence-corrected chi connectivity index (χ4v) is 6.36. The Bertz CT molecular complexity index is 1870. The summed E-state index contributed by atoms with van der Waals surface area (Å²) in [5.74, 6) is -0.332. The molecule has 43 heavy (non-hydrogen) atoms. The topological polar surface area (TPSA) is 80.9 Å². The summed E-state index contributed by atoms with van der Waals surface area (Å²) < 4.78 is 43.8. The number of aromatic nitrogens is 5. The second kappa shape index (κ2) is 12.0. The molecule has 1 atom stereocenters. The SMILES string of the molecule is Cc1cc(CCNc2ccc(Cl)nc2-c2ccncc2F)c2c(c1)c(=O)n(C)c1c2cnn1CC1CCN(CC(F)F)C1. The van der Waals surface area contributed by atoms with Crippen LogP contribution in [0.2, 0.25) is 5.15 Å². The molecule has 0 aliphatic carbocycles. The summed E-state index contributed by atoms with van der Waals surface area (Å²) in [4.78, 5) is 23.6. The van der Waals surface area contributed by atoms with E-state index in [1.165, 1.54) is 6.20 Å². The molecular formula is C31H31ClF3N7O. The van der Waals surface area contributed by atoms with Gasteiger partial charge in [0, 0.05) is 54.6 Å². The molecule has 0 spiro atoms. The van der Waals surface area contributed by atoms with E-state index in [9.17, 15) is 18.0 Å². The van der Waals surface area contributed by atoms with Crippen molar-refractivity contribution in [1.29, 1.82) is 0 Å². The first-order valence-corrected chi connectivity index (χ1v) is 14.6. The number of alkyl halides is 2. The van der Waals surface area contributed by atoms with Crippen molar-refractivity contribution in [2.45, 2.75) is 32.7 Å². The van der Waals surface area contributed by atoms with Crippen LogP contribution in [0.5, 0.6) is 0 Å². The Morgan fingerprint density at radius 3 is 2.79 bits per heavy atom. The monoisotopic (exact) mass is 609 g/mol. The molecular weight excluding hydrogens is 579 g/mol. The standard InChI is InChI=1S/C31H31ClF3N7O/c1-18-11-20(5-9-37-25-3-4-26(32)39-29(25)21-6-8-36-14-24(21)33)28-22(12-18)31(43)40(2)30-23(28)13-38-42(30)16-19-7-10-41(15-19)17-27(34)35/h3-4,6,8,11-14,19,27,37H,5,7,9-10,15-17H2,1-2H3. The van der Waals surface area contributed by atoms with Gasteiger partial charge < -0.3 is 5.32 Å². The third-order valence-electron chi connectivity index (χ3n) is 8.09. The number of likely N-dealkylation sites (tertiary alicyclic amines) is 1. The number of pyridine rings is 3. The van der Waals surface area contributed by atoms with Crippen LogP contribution in [-0.4, -0.2) is 61.8 Å². The van der Waals surface area contributed by atoms with Crippen LogP contribution in [0.15, 0.2) is 53.7 Å². The van der Waals surface area contributed by atoms with Crippen LogP contribution in [0.3, 0.4) is 0 Å². The Morgan fingerprint density at radius 2 is 2.00 bits per heavy atom. The summed E-state index contributed by atoms with van der Waals surface area (Å²) in [5.41, 5.74) is 3.83. The zero-order valence-corrected chi connectivity index (χ0v) is 24.6. The normalized spacial score (nSPS) is 15.7. The minimum atomic E-state index is -2.35. The predicted molar refractivity (Wildman–Crippen MR) is 162 cm³/mol. The summed E-state index contributed by atoms with van der Waals surface area (Å²) in [7, 11) is 1.75. The molecule has 1 N–H and O–H groups in total. The summed E-state index contributed by atoms with van der Waals surface area (Å²) in [6, 6.07) is 8.94. The van der Waals surface area contributed by atoms with Crippen molar-refractivity contribution in [3.63, 3.8) is 0 Å². The third kappa shape index (κ3) is 5.83. The number of halogens is 4. The number of hydrogen-bond donors (Lipinski definition) is 1. The Labute approximate surface area is 251 Å². The minimum Gasteiger partial charge on any atom is -0.383 e. The first kappa shape index (κ1) is 29.1. The summed E-state index contributed by atoms with van der Waals surface area (Å²) >= 11 is 6.15. The summed E-state index contributed by atoms with van der Waals surface area (Å²) in [6.45, 7) is 3.97. The Balaban J connectivity index is 1.31. The number of fused-ring (bicyclic) bond motifs is 3. The van der Waals surface area contributed by atoms with Crippen LogP contribution in [0.25, 0.3) is 33.1 Å². The van der Waals surface area contributed by atoms with Gasteiger partial charge in [-0.25, -0.2) is 22.8 Å². The molecule has 1 unspecified atom stereocenters. The van der Waals surface area contributed by atoms with Crippen LogP contribution in [0.1, 0.15) is 17.5 Å². The molecule has 1 saturated heterocycles.